The molecule has 0 bridgehead atoms. The van der Waals surface area contributed by atoms with Crippen LogP contribution in [0, 0.1) is 5.92 Å². The minimum atomic E-state index is -0.843. The Morgan fingerprint density at radius 1 is 1.13 bits per heavy atom. The van der Waals surface area contributed by atoms with E-state index < -0.39 is 11.9 Å². The molecule has 1 heterocycles. The van der Waals surface area contributed by atoms with E-state index >= 15 is 0 Å². The van der Waals surface area contributed by atoms with Gasteiger partial charge < -0.3 is 10.1 Å². The molecule has 1 N–H and O–H groups in total. The highest BCUT2D eigenvalue weighted by Gasteiger charge is 2.39. The quantitative estimate of drug-likeness (QED) is 0.700. The first kappa shape index (κ1) is 15.3. The highest BCUT2D eigenvalue weighted by molar-refractivity contribution is 6.06. The summed E-state index contributed by atoms with van der Waals surface area (Å²) in [6, 6.07) is 17.4. The van der Waals surface area contributed by atoms with Gasteiger partial charge >= 0.3 is 5.97 Å². The van der Waals surface area contributed by atoms with Gasteiger partial charge in [-0.25, -0.2) is 0 Å². The average molecular weight is 309 g/mol. The summed E-state index contributed by atoms with van der Waals surface area (Å²) in [5.74, 6) is -1.85. The van der Waals surface area contributed by atoms with Gasteiger partial charge in [0, 0.05) is 11.6 Å². The first-order valence-electron chi connectivity index (χ1n) is 7.81. The third-order valence-electron chi connectivity index (χ3n) is 4.17. The zero-order valence-corrected chi connectivity index (χ0v) is 13.0. The maximum atomic E-state index is 12.7. The van der Waals surface area contributed by atoms with Crippen LogP contribution in [0.4, 0.5) is 5.69 Å². The predicted molar refractivity (Wildman–Crippen MR) is 88.1 cm³/mol. The average Bonchev–Trinajstić information content (AvgIpc) is 2.71. The van der Waals surface area contributed by atoms with Gasteiger partial charge in [-0.1, -0.05) is 48.5 Å². The first-order valence-corrected chi connectivity index (χ1v) is 7.81. The Labute approximate surface area is 135 Å². The van der Waals surface area contributed by atoms with Crippen molar-refractivity contribution in [2.45, 2.75) is 19.3 Å². The summed E-state index contributed by atoms with van der Waals surface area (Å²) in [4.78, 5) is 25.1. The van der Waals surface area contributed by atoms with Crippen LogP contribution in [-0.2, 0) is 20.7 Å². The van der Waals surface area contributed by atoms with E-state index in [1.165, 1.54) is 0 Å². The smallest absolute Gasteiger partial charge is 0.319 e. The highest BCUT2D eigenvalue weighted by atomic mass is 16.5. The molecule has 0 spiro atoms. The summed E-state index contributed by atoms with van der Waals surface area (Å²) in [5.41, 5.74) is 2.77. The van der Waals surface area contributed by atoms with Crippen LogP contribution in [-0.4, -0.2) is 18.5 Å². The molecule has 1 amide bonds. The summed E-state index contributed by atoms with van der Waals surface area (Å²) >= 11 is 0. The molecule has 0 aromatic heterocycles. The van der Waals surface area contributed by atoms with E-state index in [1.54, 1.807) is 6.92 Å². The number of anilines is 1. The Morgan fingerprint density at radius 2 is 1.83 bits per heavy atom. The second kappa shape index (κ2) is 6.65. The highest BCUT2D eigenvalue weighted by Crippen LogP contribution is 2.35. The largest absolute Gasteiger partial charge is 0.465 e. The molecule has 4 nitrogen and oxygen atoms in total. The fourth-order valence-corrected chi connectivity index (χ4v) is 3.08. The van der Waals surface area contributed by atoms with Crippen molar-refractivity contribution in [3.8, 4) is 0 Å². The molecule has 4 heteroatoms. The molecule has 0 saturated carbocycles. The van der Waals surface area contributed by atoms with Crippen LogP contribution in [0.3, 0.4) is 0 Å². The van der Waals surface area contributed by atoms with Gasteiger partial charge in [0.1, 0.15) is 5.92 Å². The number of carbonyl (C=O) groups excluding carboxylic acids is 2. The fraction of sp³-hybridized carbons (Fsp3) is 0.263. The van der Waals surface area contributed by atoms with Gasteiger partial charge in [0.25, 0.3) is 0 Å². The molecule has 1 aliphatic rings. The molecule has 0 radical (unpaired) electrons. The molecule has 0 saturated heterocycles. The number of rotatable bonds is 3. The molecule has 3 rings (SSSR count). The Bertz CT molecular complexity index is 712. The van der Waals surface area contributed by atoms with Gasteiger partial charge in [0.15, 0.2) is 0 Å². The van der Waals surface area contributed by atoms with Gasteiger partial charge in [-0.2, -0.15) is 0 Å². The summed E-state index contributed by atoms with van der Waals surface area (Å²) < 4.78 is 5.16. The van der Waals surface area contributed by atoms with E-state index in [9.17, 15) is 9.59 Å². The number of benzene rings is 2. The van der Waals surface area contributed by atoms with Crippen LogP contribution < -0.4 is 5.32 Å². The van der Waals surface area contributed by atoms with Gasteiger partial charge in [-0.3, -0.25) is 9.59 Å². The molecule has 2 aromatic carbocycles. The van der Waals surface area contributed by atoms with Crippen molar-refractivity contribution in [2.24, 2.45) is 5.92 Å². The summed E-state index contributed by atoms with van der Waals surface area (Å²) in [5, 5.41) is 2.87. The minimum absolute atomic E-state index is 0.237. The standard InChI is InChI=1S/C19H19NO3/c1-2-23-19(22)17-15(13-8-4-3-5-9-13)12-14-10-6-7-11-16(14)20-18(17)21/h3-11,15,17H,2,12H2,1H3,(H,20,21). The van der Waals surface area contributed by atoms with Crippen LogP contribution in [0.5, 0.6) is 0 Å². The van der Waals surface area contributed by atoms with Gasteiger partial charge in [0.2, 0.25) is 5.91 Å². The van der Waals surface area contributed by atoms with E-state index in [0.717, 1.165) is 16.8 Å². The van der Waals surface area contributed by atoms with E-state index in [-0.39, 0.29) is 18.4 Å². The Hall–Kier alpha value is -2.62. The molecule has 0 fully saturated rings. The van der Waals surface area contributed by atoms with Crippen molar-refractivity contribution in [1.29, 1.82) is 0 Å². The predicted octanol–water partition coefficient (Wildman–Crippen LogP) is 3.14. The minimum Gasteiger partial charge on any atom is -0.465 e. The molecule has 23 heavy (non-hydrogen) atoms. The Balaban J connectivity index is 2.05. The first-order chi connectivity index (χ1) is 11.2. The number of hydrogen-bond acceptors (Lipinski definition) is 3. The van der Waals surface area contributed by atoms with E-state index in [4.69, 9.17) is 4.74 Å². The summed E-state index contributed by atoms with van der Waals surface area (Å²) in [6.45, 7) is 2.01. The molecule has 118 valence electrons. The van der Waals surface area contributed by atoms with Crippen LogP contribution >= 0.6 is 0 Å². The topological polar surface area (TPSA) is 55.4 Å². The fourth-order valence-electron chi connectivity index (χ4n) is 3.08. The van der Waals surface area contributed by atoms with E-state index in [2.05, 4.69) is 5.32 Å². The molecule has 1 aliphatic heterocycles. The normalized spacial score (nSPS) is 20.1. The molecule has 0 aliphatic carbocycles. The number of para-hydroxylation sites is 1. The molecule has 2 unspecified atom stereocenters. The molecular weight excluding hydrogens is 290 g/mol. The Kier molecular flexibility index (Phi) is 4.42. The summed E-state index contributed by atoms with van der Waals surface area (Å²) in [6.07, 6.45) is 0.613. The van der Waals surface area contributed by atoms with Gasteiger partial charge in [-0.05, 0) is 30.5 Å². The van der Waals surface area contributed by atoms with Crippen molar-refractivity contribution in [1.82, 2.24) is 0 Å². The lowest BCUT2D eigenvalue weighted by molar-refractivity contribution is -0.151. The number of nitrogens with one attached hydrogen (secondary N) is 1. The third kappa shape index (κ3) is 3.11. The monoisotopic (exact) mass is 309 g/mol. The number of hydrogen-bond donors (Lipinski definition) is 1. The summed E-state index contributed by atoms with van der Waals surface area (Å²) in [7, 11) is 0. The zero-order valence-electron chi connectivity index (χ0n) is 13.0. The van der Waals surface area contributed by atoms with Crippen molar-refractivity contribution in [3.05, 3.63) is 65.7 Å². The van der Waals surface area contributed by atoms with Crippen LogP contribution in [0.25, 0.3) is 0 Å². The second-order valence-corrected chi connectivity index (χ2v) is 5.60. The molecular formula is C19H19NO3. The number of ether oxygens (including phenoxy) is 1. The lowest BCUT2D eigenvalue weighted by atomic mass is 9.82. The SMILES string of the molecule is CCOC(=O)C1C(=O)Nc2ccccc2CC1c1ccccc1. The number of esters is 1. The van der Waals surface area contributed by atoms with E-state index in [1.807, 2.05) is 54.6 Å². The third-order valence-corrected chi connectivity index (χ3v) is 4.17. The second-order valence-electron chi connectivity index (χ2n) is 5.60. The van der Waals surface area contributed by atoms with E-state index in [0.29, 0.717) is 6.42 Å². The molecule has 2 aromatic rings. The van der Waals surface area contributed by atoms with Crippen molar-refractivity contribution < 1.29 is 14.3 Å². The van der Waals surface area contributed by atoms with Crippen LogP contribution in [0.1, 0.15) is 24.0 Å². The maximum absolute atomic E-state index is 12.7. The van der Waals surface area contributed by atoms with Crippen molar-refractivity contribution in [2.75, 3.05) is 11.9 Å². The van der Waals surface area contributed by atoms with Gasteiger partial charge in [0.05, 0.1) is 6.61 Å². The maximum Gasteiger partial charge on any atom is 0.319 e. The number of amides is 1. The lowest BCUT2D eigenvalue weighted by Crippen LogP contribution is -2.35. The van der Waals surface area contributed by atoms with Crippen molar-refractivity contribution >= 4 is 17.6 Å². The van der Waals surface area contributed by atoms with Crippen molar-refractivity contribution in [3.63, 3.8) is 0 Å². The molecule has 2 atom stereocenters. The lowest BCUT2D eigenvalue weighted by Gasteiger charge is -2.22. The Morgan fingerprint density at radius 3 is 2.57 bits per heavy atom. The van der Waals surface area contributed by atoms with Crippen LogP contribution in [0.2, 0.25) is 0 Å². The van der Waals surface area contributed by atoms with Crippen LogP contribution in [0.15, 0.2) is 54.6 Å². The number of carbonyl (C=O) groups is 2. The zero-order chi connectivity index (χ0) is 16.2. The number of fused-ring (bicyclic) bond motifs is 1. The van der Waals surface area contributed by atoms with Gasteiger partial charge in [-0.15, -0.1) is 0 Å².